The Labute approximate surface area is 110 Å². The molecule has 2 nitrogen and oxygen atoms in total. The first-order chi connectivity index (χ1) is 7.36. The summed E-state index contributed by atoms with van der Waals surface area (Å²) < 4.78 is 0. The van der Waals surface area contributed by atoms with Gasteiger partial charge in [-0.2, -0.15) is 0 Å². The van der Waals surface area contributed by atoms with Gasteiger partial charge in [0.15, 0.2) is 0 Å². The molecular weight excluding hydrogens is 268 g/mol. The van der Waals surface area contributed by atoms with E-state index in [-0.39, 0.29) is 11.8 Å². The van der Waals surface area contributed by atoms with Gasteiger partial charge >= 0.3 is 0 Å². The lowest BCUT2D eigenvalue weighted by Crippen LogP contribution is -2.32. The highest BCUT2D eigenvalue weighted by molar-refractivity contribution is 6.35. The van der Waals surface area contributed by atoms with E-state index in [1.807, 2.05) is 0 Å². The number of benzene rings is 1. The molecule has 0 aromatic heterocycles. The third kappa shape index (κ3) is 3.27. The lowest BCUT2D eigenvalue weighted by Gasteiger charge is -2.20. The minimum Gasteiger partial charge on any atom is -0.324 e. The van der Waals surface area contributed by atoms with Gasteiger partial charge in [0.1, 0.15) is 0 Å². The molecule has 1 amide bonds. The topological polar surface area (TPSA) is 29.1 Å². The van der Waals surface area contributed by atoms with Crippen LogP contribution in [0.3, 0.4) is 0 Å². The summed E-state index contributed by atoms with van der Waals surface area (Å²) >= 11 is 17.4. The molecule has 1 aromatic carbocycles. The van der Waals surface area contributed by atoms with E-state index in [2.05, 4.69) is 5.32 Å². The maximum atomic E-state index is 11.8. The molecule has 0 spiro atoms. The van der Waals surface area contributed by atoms with Crippen molar-refractivity contribution in [3.8, 4) is 0 Å². The van der Waals surface area contributed by atoms with Crippen molar-refractivity contribution in [1.29, 1.82) is 0 Å². The summed E-state index contributed by atoms with van der Waals surface area (Å²) in [5, 5.41) is 3.67. The van der Waals surface area contributed by atoms with Gasteiger partial charge in [-0.1, -0.05) is 23.2 Å². The molecule has 0 heterocycles. The van der Waals surface area contributed by atoms with Crippen LogP contribution < -0.4 is 5.32 Å². The molecule has 1 N–H and O–H groups in total. The van der Waals surface area contributed by atoms with Crippen molar-refractivity contribution in [3.63, 3.8) is 0 Å². The summed E-state index contributed by atoms with van der Waals surface area (Å²) in [7, 11) is 0. The van der Waals surface area contributed by atoms with E-state index in [9.17, 15) is 4.79 Å². The molecule has 88 valence electrons. The van der Waals surface area contributed by atoms with Crippen molar-refractivity contribution in [3.05, 3.63) is 28.2 Å². The Kier molecular flexibility index (Phi) is 4.48. The van der Waals surface area contributed by atoms with Crippen LogP contribution >= 0.6 is 34.8 Å². The normalized spacial score (nSPS) is 11.3. The third-order valence-electron chi connectivity index (χ3n) is 2.13. The van der Waals surface area contributed by atoms with Crippen LogP contribution in [-0.4, -0.2) is 11.8 Å². The monoisotopic (exact) mass is 279 g/mol. The average Bonchev–Trinajstić information content (AvgIpc) is 2.23. The highest BCUT2D eigenvalue weighted by Crippen LogP contribution is 2.27. The maximum absolute atomic E-state index is 11.8. The number of carbonyl (C=O) groups excluding carboxylic acids is 1. The Morgan fingerprint density at radius 3 is 2.56 bits per heavy atom. The Balaban J connectivity index is 2.89. The number of hydrogen-bond acceptors (Lipinski definition) is 1. The second-order valence-electron chi connectivity index (χ2n) is 4.10. The number of nitrogens with one attached hydrogen (secondary N) is 1. The summed E-state index contributed by atoms with van der Waals surface area (Å²) in [6.45, 7) is 3.52. The highest BCUT2D eigenvalue weighted by atomic mass is 35.5. The van der Waals surface area contributed by atoms with Crippen molar-refractivity contribution in [1.82, 2.24) is 0 Å². The summed E-state index contributed by atoms with van der Waals surface area (Å²) in [4.78, 5) is 11.8. The third-order valence-corrected chi connectivity index (χ3v) is 3.36. The summed E-state index contributed by atoms with van der Waals surface area (Å²) in [6, 6.07) is 4.89. The predicted octanol–water partition coefficient (Wildman–Crippen LogP) is 4.20. The van der Waals surface area contributed by atoms with Crippen LogP contribution in [0.2, 0.25) is 10.0 Å². The fraction of sp³-hybridized carbons (Fsp3) is 0.364. The van der Waals surface area contributed by atoms with E-state index < -0.39 is 5.41 Å². The fourth-order valence-electron chi connectivity index (χ4n) is 0.945. The molecule has 16 heavy (non-hydrogen) atoms. The van der Waals surface area contributed by atoms with Crippen LogP contribution in [0.1, 0.15) is 13.8 Å². The van der Waals surface area contributed by atoms with Crippen LogP contribution in [-0.2, 0) is 4.79 Å². The van der Waals surface area contributed by atoms with Crippen molar-refractivity contribution >= 4 is 46.4 Å². The van der Waals surface area contributed by atoms with Crippen LogP contribution in [0.15, 0.2) is 18.2 Å². The average molecular weight is 281 g/mol. The molecule has 0 aliphatic rings. The molecule has 0 aliphatic carbocycles. The van der Waals surface area contributed by atoms with Gasteiger partial charge < -0.3 is 5.32 Å². The van der Waals surface area contributed by atoms with Crippen LogP contribution in [0, 0.1) is 5.41 Å². The number of amides is 1. The van der Waals surface area contributed by atoms with E-state index in [1.165, 1.54) is 0 Å². The first kappa shape index (κ1) is 13.6. The first-order valence-corrected chi connectivity index (χ1v) is 5.98. The van der Waals surface area contributed by atoms with Crippen LogP contribution in [0.4, 0.5) is 5.69 Å². The van der Waals surface area contributed by atoms with Gasteiger partial charge in [-0.15, -0.1) is 11.6 Å². The first-order valence-electron chi connectivity index (χ1n) is 4.69. The Morgan fingerprint density at radius 1 is 1.38 bits per heavy atom. The predicted molar refractivity (Wildman–Crippen MR) is 69.6 cm³/mol. The Hall–Kier alpha value is -0.440. The van der Waals surface area contributed by atoms with Crippen molar-refractivity contribution in [2.45, 2.75) is 13.8 Å². The molecule has 1 aromatic rings. The summed E-state index contributed by atoms with van der Waals surface area (Å²) in [5.74, 6) is 0.0449. The number of rotatable bonds is 3. The standard InChI is InChI=1S/C11H12Cl3NO/c1-11(2,6-12)10(16)15-9-5-7(13)3-4-8(9)14/h3-5H,6H2,1-2H3,(H,15,16). The summed E-state index contributed by atoms with van der Waals surface area (Å²) in [6.07, 6.45) is 0. The van der Waals surface area contributed by atoms with Gasteiger partial charge in [0.2, 0.25) is 5.91 Å². The van der Waals surface area contributed by atoms with E-state index in [0.717, 1.165) is 0 Å². The minimum atomic E-state index is -0.646. The SMILES string of the molecule is CC(C)(CCl)C(=O)Nc1cc(Cl)ccc1Cl. The van der Waals surface area contributed by atoms with Gasteiger partial charge in [0.25, 0.3) is 0 Å². The molecule has 0 atom stereocenters. The molecule has 5 heteroatoms. The second-order valence-corrected chi connectivity index (χ2v) is 5.21. The fourth-order valence-corrected chi connectivity index (χ4v) is 1.40. The number of anilines is 1. The van der Waals surface area contributed by atoms with Crippen molar-refractivity contribution in [2.75, 3.05) is 11.2 Å². The molecular formula is C11H12Cl3NO. The van der Waals surface area contributed by atoms with Crippen molar-refractivity contribution < 1.29 is 4.79 Å². The molecule has 0 aliphatic heterocycles. The zero-order valence-electron chi connectivity index (χ0n) is 8.98. The summed E-state index contributed by atoms with van der Waals surface area (Å²) in [5.41, 5.74) is -0.148. The molecule has 1 rings (SSSR count). The number of halogens is 3. The smallest absolute Gasteiger partial charge is 0.231 e. The molecule has 0 saturated carbocycles. The van der Waals surface area contributed by atoms with E-state index >= 15 is 0 Å². The second kappa shape index (κ2) is 5.26. The van der Waals surface area contributed by atoms with Crippen LogP contribution in [0.25, 0.3) is 0 Å². The quantitative estimate of drug-likeness (QED) is 0.826. The Bertz CT molecular complexity index is 404. The zero-order chi connectivity index (χ0) is 12.3. The highest BCUT2D eigenvalue weighted by Gasteiger charge is 2.26. The molecule has 0 fully saturated rings. The Morgan fingerprint density at radius 2 is 2.00 bits per heavy atom. The minimum absolute atomic E-state index is 0.188. The van der Waals surface area contributed by atoms with E-state index in [1.54, 1.807) is 32.0 Å². The van der Waals surface area contributed by atoms with E-state index in [0.29, 0.717) is 15.7 Å². The number of hydrogen-bond donors (Lipinski definition) is 1. The maximum Gasteiger partial charge on any atom is 0.231 e. The van der Waals surface area contributed by atoms with Gasteiger partial charge in [-0.25, -0.2) is 0 Å². The lowest BCUT2D eigenvalue weighted by molar-refractivity contribution is -0.122. The van der Waals surface area contributed by atoms with Gasteiger partial charge in [0.05, 0.1) is 16.1 Å². The van der Waals surface area contributed by atoms with E-state index in [4.69, 9.17) is 34.8 Å². The zero-order valence-corrected chi connectivity index (χ0v) is 11.2. The lowest BCUT2D eigenvalue weighted by atomic mass is 9.95. The number of alkyl halides is 1. The van der Waals surface area contributed by atoms with Crippen LogP contribution in [0.5, 0.6) is 0 Å². The molecule has 0 bridgehead atoms. The number of carbonyl (C=O) groups is 1. The molecule has 0 radical (unpaired) electrons. The largest absolute Gasteiger partial charge is 0.324 e. The van der Waals surface area contributed by atoms with Crippen molar-refractivity contribution in [2.24, 2.45) is 5.41 Å². The molecule has 0 saturated heterocycles. The molecule has 0 unspecified atom stereocenters. The van der Waals surface area contributed by atoms with Gasteiger partial charge in [-0.3, -0.25) is 4.79 Å². The van der Waals surface area contributed by atoms with Gasteiger partial charge in [0, 0.05) is 10.9 Å². The van der Waals surface area contributed by atoms with Gasteiger partial charge in [-0.05, 0) is 32.0 Å².